The zero-order valence-electron chi connectivity index (χ0n) is 12.1. The second kappa shape index (κ2) is 6.09. The summed E-state index contributed by atoms with van der Waals surface area (Å²) in [6.07, 6.45) is 0.726. The van der Waals surface area contributed by atoms with Crippen molar-refractivity contribution >= 4 is 17.3 Å². The number of carbonyl (C=O) groups excluding carboxylic acids is 1. The first-order valence-electron chi connectivity index (χ1n) is 6.88. The topological polar surface area (TPSA) is 93.5 Å². The van der Waals surface area contributed by atoms with Gasteiger partial charge in [-0.2, -0.15) is 0 Å². The van der Waals surface area contributed by atoms with Gasteiger partial charge >= 0.3 is 0 Å². The van der Waals surface area contributed by atoms with Gasteiger partial charge in [-0.25, -0.2) is 0 Å². The van der Waals surface area contributed by atoms with E-state index in [2.05, 4.69) is 10.6 Å². The quantitative estimate of drug-likeness (QED) is 0.639. The van der Waals surface area contributed by atoms with Crippen molar-refractivity contribution in [2.75, 3.05) is 25.1 Å². The van der Waals surface area contributed by atoms with E-state index in [-0.39, 0.29) is 22.8 Å². The molecule has 0 spiro atoms. The standard InChI is InChI=1S/C14H19N3O4/c1-3-15-12-10(5-4-6-11(12)17(19)20)13(18)16-14(2)7-8-21-9-14/h4-6,15H,3,7-9H2,1-2H3,(H,16,18). The first-order chi connectivity index (χ1) is 9.97. The van der Waals surface area contributed by atoms with Gasteiger partial charge in [0.2, 0.25) is 0 Å². The van der Waals surface area contributed by atoms with Crippen LogP contribution in [0, 0.1) is 10.1 Å². The van der Waals surface area contributed by atoms with Crippen molar-refractivity contribution in [1.82, 2.24) is 5.32 Å². The van der Waals surface area contributed by atoms with Crippen molar-refractivity contribution in [3.05, 3.63) is 33.9 Å². The fourth-order valence-corrected chi connectivity index (χ4v) is 2.35. The van der Waals surface area contributed by atoms with Crippen LogP contribution in [0.25, 0.3) is 0 Å². The van der Waals surface area contributed by atoms with Crippen LogP contribution in [0.4, 0.5) is 11.4 Å². The Morgan fingerprint density at radius 2 is 2.29 bits per heavy atom. The third-order valence-electron chi connectivity index (χ3n) is 3.47. The van der Waals surface area contributed by atoms with E-state index >= 15 is 0 Å². The van der Waals surface area contributed by atoms with E-state index in [1.807, 2.05) is 13.8 Å². The van der Waals surface area contributed by atoms with Crippen LogP contribution in [-0.4, -0.2) is 36.1 Å². The van der Waals surface area contributed by atoms with Crippen LogP contribution in [0.3, 0.4) is 0 Å². The molecule has 1 unspecified atom stereocenters. The van der Waals surface area contributed by atoms with E-state index in [1.165, 1.54) is 12.1 Å². The molecule has 0 bridgehead atoms. The fraction of sp³-hybridized carbons (Fsp3) is 0.500. The van der Waals surface area contributed by atoms with Crippen LogP contribution in [0.5, 0.6) is 0 Å². The van der Waals surface area contributed by atoms with Crippen LogP contribution in [0.2, 0.25) is 0 Å². The van der Waals surface area contributed by atoms with Gasteiger partial charge in [-0.3, -0.25) is 14.9 Å². The number of nitrogens with one attached hydrogen (secondary N) is 2. The molecule has 1 aromatic carbocycles. The molecule has 1 saturated heterocycles. The number of amides is 1. The summed E-state index contributed by atoms with van der Waals surface area (Å²) in [5.41, 5.74) is 0.00655. The summed E-state index contributed by atoms with van der Waals surface area (Å²) < 4.78 is 5.30. The van der Waals surface area contributed by atoms with Gasteiger partial charge in [0.15, 0.2) is 0 Å². The van der Waals surface area contributed by atoms with Gasteiger partial charge in [0.05, 0.1) is 22.6 Å². The van der Waals surface area contributed by atoms with Crippen molar-refractivity contribution in [2.45, 2.75) is 25.8 Å². The molecular formula is C14H19N3O4. The highest BCUT2D eigenvalue weighted by atomic mass is 16.6. The number of nitro benzene ring substituents is 1. The largest absolute Gasteiger partial charge is 0.379 e. The van der Waals surface area contributed by atoms with Gasteiger partial charge in [0.25, 0.3) is 11.6 Å². The van der Waals surface area contributed by atoms with Crippen LogP contribution in [-0.2, 0) is 4.74 Å². The average Bonchev–Trinajstić information content (AvgIpc) is 2.85. The Kier molecular flexibility index (Phi) is 4.42. The zero-order valence-corrected chi connectivity index (χ0v) is 12.1. The number of anilines is 1. The zero-order chi connectivity index (χ0) is 15.5. The molecule has 7 nitrogen and oxygen atoms in total. The number of nitro groups is 1. The summed E-state index contributed by atoms with van der Waals surface area (Å²) in [4.78, 5) is 23.0. The van der Waals surface area contributed by atoms with E-state index in [0.717, 1.165) is 6.42 Å². The number of para-hydroxylation sites is 1. The highest BCUT2D eigenvalue weighted by Gasteiger charge is 2.33. The molecule has 0 aliphatic carbocycles. The highest BCUT2D eigenvalue weighted by molar-refractivity contribution is 6.02. The predicted molar refractivity (Wildman–Crippen MR) is 78.6 cm³/mol. The van der Waals surface area contributed by atoms with Crippen molar-refractivity contribution in [2.24, 2.45) is 0 Å². The molecule has 1 aliphatic rings. The normalized spacial score (nSPS) is 21.0. The summed E-state index contributed by atoms with van der Waals surface area (Å²) in [5.74, 6) is -0.331. The first kappa shape index (κ1) is 15.2. The maximum absolute atomic E-state index is 12.4. The second-order valence-corrected chi connectivity index (χ2v) is 5.30. The predicted octanol–water partition coefficient (Wildman–Crippen LogP) is 1.94. The molecule has 1 amide bonds. The molecule has 0 saturated carbocycles. The molecular weight excluding hydrogens is 274 g/mol. The van der Waals surface area contributed by atoms with E-state index in [1.54, 1.807) is 6.07 Å². The highest BCUT2D eigenvalue weighted by Crippen LogP contribution is 2.29. The maximum Gasteiger partial charge on any atom is 0.293 e. The molecule has 2 rings (SSSR count). The average molecular weight is 293 g/mol. The molecule has 21 heavy (non-hydrogen) atoms. The number of hydrogen-bond acceptors (Lipinski definition) is 5. The number of benzene rings is 1. The van der Waals surface area contributed by atoms with Crippen molar-refractivity contribution in [3.63, 3.8) is 0 Å². The van der Waals surface area contributed by atoms with E-state index in [0.29, 0.717) is 19.8 Å². The van der Waals surface area contributed by atoms with E-state index in [9.17, 15) is 14.9 Å². The lowest BCUT2D eigenvalue weighted by Crippen LogP contribution is -2.46. The van der Waals surface area contributed by atoms with Crippen molar-refractivity contribution in [1.29, 1.82) is 0 Å². The monoisotopic (exact) mass is 293 g/mol. The van der Waals surface area contributed by atoms with Gasteiger partial charge in [-0.1, -0.05) is 6.07 Å². The molecule has 0 radical (unpaired) electrons. The lowest BCUT2D eigenvalue weighted by Gasteiger charge is -2.24. The Hall–Kier alpha value is -2.15. The molecule has 2 N–H and O–H groups in total. The van der Waals surface area contributed by atoms with Gasteiger partial charge < -0.3 is 15.4 Å². The third-order valence-corrected chi connectivity index (χ3v) is 3.47. The lowest BCUT2D eigenvalue weighted by molar-refractivity contribution is -0.384. The molecule has 7 heteroatoms. The Labute approximate surface area is 122 Å². The minimum atomic E-state index is -0.491. The molecule has 1 atom stereocenters. The molecule has 1 aliphatic heterocycles. The number of nitrogens with zero attached hydrogens (tertiary/aromatic N) is 1. The number of carbonyl (C=O) groups is 1. The van der Waals surface area contributed by atoms with E-state index in [4.69, 9.17) is 4.74 Å². The van der Waals surface area contributed by atoms with Crippen LogP contribution in [0.1, 0.15) is 30.6 Å². The number of rotatable bonds is 5. The van der Waals surface area contributed by atoms with Gasteiger partial charge in [-0.05, 0) is 26.3 Å². The van der Waals surface area contributed by atoms with E-state index < -0.39 is 10.5 Å². The Balaban J connectivity index is 2.31. The maximum atomic E-state index is 12.4. The lowest BCUT2D eigenvalue weighted by atomic mass is 10.0. The van der Waals surface area contributed by atoms with Crippen molar-refractivity contribution < 1.29 is 14.5 Å². The Bertz CT molecular complexity index is 553. The Morgan fingerprint density at radius 1 is 1.52 bits per heavy atom. The molecule has 114 valence electrons. The van der Waals surface area contributed by atoms with Crippen LogP contribution < -0.4 is 10.6 Å². The second-order valence-electron chi connectivity index (χ2n) is 5.30. The first-order valence-corrected chi connectivity index (χ1v) is 6.88. The minimum Gasteiger partial charge on any atom is -0.379 e. The van der Waals surface area contributed by atoms with Crippen LogP contribution >= 0.6 is 0 Å². The van der Waals surface area contributed by atoms with Gasteiger partial charge in [-0.15, -0.1) is 0 Å². The Morgan fingerprint density at radius 3 is 2.86 bits per heavy atom. The summed E-state index contributed by atoms with van der Waals surface area (Å²) >= 11 is 0. The van der Waals surface area contributed by atoms with Crippen LogP contribution in [0.15, 0.2) is 18.2 Å². The summed E-state index contributed by atoms with van der Waals surface area (Å²) in [6.45, 7) is 5.27. The molecule has 0 aromatic heterocycles. The summed E-state index contributed by atoms with van der Waals surface area (Å²) in [7, 11) is 0. The minimum absolute atomic E-state index is 0.0997. The SMILES string of the molecule is CCNc1c(C(=O)NC2(C)CCOC2)cccc1[N+](=O)[O-]. The molecule has 1 fully saturated rings. The fourth-order valence-electron chi connectivity index (χ4n) is 2.35. The number of ether oxygens (including phenoxy) is 1. The van der Waals surface area contributed by atoms with Gasteiger partial charge in [0.1, 0.15) is 5.69 Å². The molecule has 1 aromatic rings. The number of hydrogen-bond donors (Lipinski definition) is 2. The molecule has 1 heterocycles. The van der Waals surface area contributed by atoms with Gasteiger partial charge in [0, 0.05) is 19.2 Å². The summed E-state index contributed by atoms with van der Waals surface area (Å²) in [6, 6.07) is 4.48. The third kappa shape index (κ3) is 3.30. The van der Waals surface area contributed by atoms with Crippen molar-refractivity contribution in [3.8, 4) is 0 Å². The summed E-state index contributed by atoms with van der Waals surface area (Å²) in [5, 5.41) is 16.9. The smallest absolute Gasteiger partial charge is 0.293 e.